The van der Waals surface area contributed by atoms with Crippen LogP contribution in [0.2, 0.25) is 10.0 Å². The lowest BCUT2D eigenvalue weighted by Gasteiger charge is -2.22. The van der Waals surface area contributed by atoms with Crippen molar-refractivity contribution in [2.75, 3.05) is 23.7 Å². The van der Waals surface area contributed by atoms with Crippen LogP contribution in [0.5, 0.6) is 0 Å². The number of anilines is 2. The van der Waals surface area contributed by atoms with Crippen molar-refractivity contribution in [2.24, 2.45) is 0 Å². The predicted molar refractivity (Wildman–Crippen MR) is 117 cm³/mol. The van der Waals surface area contributed by atoms with Gasteiger partial charge in [-0.05, 0) is 42.8 Å². The van der Waals surface area contributed by atoms with Crippen molar-refractivity contribution in [3.05, 3.63) is 58.1 Å². The van der Waals surface area contributed by atoms with Crippen molar-refractivity contribution in [2.45, 2.75) is 26.7 Å². The molecule has 0 atom stereocenters. The van der Waals surface area contributed by atoms with Gasteiger partial charge < -0.3 is 15.5 Å². The van der Waals surface area contributed by atoms with Crippen LogP contribution in [0, 0.1) is 0 Å². The first-order valence-electron chi connectivity index (χ1n) is 9.28. The second kappa shape index (κ2) is 10.8. The molecule has 0 aromatic heterocycles. The number of hydrogen-bond donors (Lipinski definition) is 2. The zero-order valence-corrected chi connectivity index (χ0v) is 17.8. The first kappa shape index (κ1) is 22.7. The molecule has 0 unspecified atom stereocenters. The molecule has 2 N–H and O–H groups in total. The highest BCUT2D eigenvalue weighted by Gasteiger charge is 2.19. The Kier molecular flexibility index (Phi) is 8.49. The van der Waals surface area contributed by atoms with E-state index in [1.165, 1.54) is 4.90 Å². The first-order chi connectivity index (χ1) is 13.8. The van der Waals surface area contributed by atoms with E-state index in [2.05, 4.69) is 10.6 Å². The normalized spacial score (nSPS) is 10.3. The fraction of sp³-hybridized carbons (Fsp3) is 0.286. The SMILES string of the molecule is CCCN(CC(=O)Nc1cc(Cl)ccc1Cl)C(=O)c1cccc(NC(=O)CC)c1. The molecule has 6 nitrogen and oxygen atoms in total. The fourth-order valence-corrected chi connectivity index (χ4v) is 2.98. The quantitative estimate of drug-likeness (QED) is 0.622. The van der Waals surface area contributed by atoms with Crippen molar-refractivity contribution in [1.82, 2.24) is 4.90 Å². The fourth-order valence-electron chi connectivity index (χ4n) is 2.64. The van der Waals surface area contributed by atoms with Crippen molar-refractivity contribution < 1.29 is 14.4 Å². The lowest BCUT2D eigenvalue weighted by molar-refractivity contribution is -0.117. The summed E-state index contributed by atoms with van der Waals surface area (Å²) in [5.74, 6) is -0.823. The van der Waals surface area contributed by atoms with Gasteiger partial charge >= 0.3 is 0 Å². The Balaban J connectivity index is 2.13. The number of carbonyl (C=O) groups excluding carboxylic acids is 3. The van der Waals surface area contributed by atoms with Gasteiger partial charge in [0, 0.05) is 29.2 Å². The van der Waals surface area contributed by atoms with Gasteiger partial charge in [0.1, 0.15) is 6.54 Å². The second-order valence-corrected chi connectivity index (χ2v) is 7.23. The number of nitrogens with zero attached hydrogens (tertiary/aromatic N) is 1. The van der Waals surface area contributed by atoms with E-state index < -0.39 is 0 Å². The predicted octanol–water partition coefficient (Wildman–Crippen LogP) is 4.83. The maximum Gasteiger partial charge on any atom is 0.254 e. The summed E-state index contributed by atoms with van der Waals surface area (Å²) in [6.45, 7) is 3.93. The molecule has 0 heterocycles. The summed E-state index contributed by atoms with van der Waals surface area (Å²) >= 11 is 12.0. The smallest absolute Gasteiger partial charge is 0.254 e. The summed E-state index contributed by atoms with van der Waals surface area (Å²) in [6.07, 6.45) is 1.02. The van der Waals surface area contributed by atoms with Gasteiger partial charge in [-0.15, -0.1) is 0 Å². The number of rotatable bonds is 8. The molecule has 0 aliphatic rings. The van der Waals surface area contributed by atoms with E-state index >= 15 is 0 Å². The van der Waals surface area contributed by atoms with Gasteiger partial charge in [0.05, 0.1) is 10.7 Å². The van der Waals surface area contributed by atoms with Gasteiger partial charge in [-0.25, -0.2) is 0 Å². The zero-order chi connectivity index (χ0) is 21.4. The van der Waals surface area contributed by atoms with Crippen LogP contribution in [0.3, 0.4) is 0 Å². The third-order valence-corrected chi connectivity index (χ3v) is 4.60. The van der Waals surface area contributed by atoms with Crippen LogP contribution in [0.15, 0.2) is 42.5 Å². The Morgan fingerprint density at radius 3 is 2.41 bits per heavy atom. The van der Waals surface area contributed by atoms with Crippen LogP contribution in [0.4, 0.5) is 11.4 Å². The summed E-state index contributed by atoms with van der Waals surface area (Å²) < 4.78 is 0. The zero-order valence-electron chi connectivity index (χ0n) is 16.3. The molecule has 29 heavy (non-hydrogen) atoms. The summed E-state index contributed by atoms with van der Waals surface area (Å²) in [5.41, 5.74) is 1.31. The number of nitrogens with one attached hydrogen (secondary N) is 2. The Hall–Kier alpha value is -2.57. The molecule has 154 valence electrons. The Morgan fingerprint density at radius 2 is 1.72 bits per heavy atom. The van der Waals surface area contributed by atoms with Gasteiger partial charge in [-0.1, -0.05) is 43.1 Å². The van der Waals surface area contributed by atoms with E-state index in [-0.39, 0.29) is 24.3 Å². The van der Waals surface area contributed by atoms with Crippen LogP contribution in [-0.4, -0.2) is 35.7 Å². The van der Waals surface area contributed by atoms with E-state index in [4.69, 9.17) is 23.2 Å². The molecular formula is C21H23Cl2N3O3. The summed E-state index contributed by atoms with van der Waals surface area (Å²) in [4.78, 5) is 38.5. The molecule has 2 rings (SSSR count). The lowest BCUT2D eigenvalue weighted by atomic mass is 10.1. The van der Waals surface area contributed by atoms with E-state index in [9.17, 15) is 14.4 Å². The highest BCUT2D eigenvalue weighted by Crippen LogP contribution is 2.25. The molecule has 2 aromatic rings. The topological polar surface area (TPSA) is 78.5 Å². The van der Waals surface area contributed by atoms with Crippen LogP contribution >= 0.6 is 23.2 Å². The largest absolute Gasteiger partial charge is 0.329 e. The maximum absolute atomic E-state index is 12.9. The average Bonchev–Trinajstić information content (AvgIpc) is 2.70. The van der Waals surface area contributed by atoms with Gasteiger partial charge in [0.2, 0.25) is 11.8 Å². The summed E-state index contributed by atoms with van der Waals surface area (Å²) in [7, 11) is 0. The number of hydrogen-bond acceptors (Lipinski definition) is 3. The second-order valence-electron chi connectivity index (χ2n) is 6.38. The van der Waals surface area contributed by atoms with Crippen LogP contribution < -0.4 is 10.6 Å². The molecule has 8 heteroatoms. The minimum atomic E-state index is -0.383. The minimum absolute atomic E-state index is 0.138. The molecule has 0 fully saturated rings. The van der Waals surface area contributed by atoms with Gasteiger partial charge in [-0.2, -0.15) is 0 Å². The first-order valence-corrected chi connectivity index (χ1v) is 10.0. The third-order valence-electron chi connectivity index (χ3n) is 4.03. The minimum Gasteiger partial charge on any atom is -0.329 e. The van der Waals surface area contributed by atoms with Crippen LogP contribution in [-0.2, 0) is 9.59 Å². The van der Waals surface area contributed by atoms with E-state index in [0.717, 1.165) is 0 Å². The molecule has 0 saturated carbocycles. The van der Waals surface area contributed by atoms with Crippen molar-refractivity contribution >= 4 is 52.3 Å². The Bertz CT molecular complexity index is 902. The molecule has 0 aliphatic heterocycles. The van der Waals surface area contributed by atoms with Gasteiger partial charge in [0.15, 0.2) is 0 Å². The number of amides is 3. The number of halogens is 2. The number of benzene rings is 2. The molecule has 0 radical (unpaired) electrons. The van der Waals surface area contributed by atoms with Gasteiger partial charge in [-0.3, -0.25) is 14.4 Å². The Labute approximate surface area is 180 Å². The summed E-state index contributed by atoms with van der Waals surface area (Å²) in [5, 5.41) is 6.21. The standard InChI is InChI=1S/C21H23Cl2N3O3/c1-3-10-26(13-20(28)25-18-12-15(22)8-9-17(18)23)21(29)14-6-5-7-16(11-14)24-19(27)4-2/h5-9,11-12H,3-4,10,13H2,1-2H3,(H,24,27)(H,25,28). The molecule has 2 aromatic carbocycles. The Morgan fingerprint density at radius 1 is 0.966 bits per heavy atom. The average molecular weight is 436 g/mol. The molecule has 3 amide bonds. The molecule has 0 aliphatic carbocycles. The highest BCUT2D eigenvalue weighted by molar-refractivity contribution is 6.35. The lowest BCUT2D eigenvalue weighted by Crippen LogP contribution is -2.38. The maximum atomic E-state index is 12.9. The molecular weight excluding hydrogens is 413 g/mol. The molecule has 0 bridgehead atoms. The summed E-state index contributed by atoms with van der Waals surface area (Å²) in [6, 6.07) is 11.4. The highest BCUT2D eigenvalue weighted by atomic mass is 35.5. The molecule has 0 spiro atoms. The van der Waals surface area contributed by atoms with Gasteiger partial charge in [0.25, 0.3) is 5.91 Å². The van der Waals surface area contributed by atoms with Crippen molar-refractivity contribution in [1.29, 1.82) is 0 Å². The molecule has 0 saturated heterocycles. The number of carbonyl (C=O) groups is 3. The van der Waals surface area contributed by atoms with Crippen LogP contribution in [0.25, 0.3) is 0 Å². The third kappa shape index (κ3) is 6.76. The van der Waals surface area contributed by atoms with Crippen LogP contribution in [0.1, 0.15) is 37.0 Å². The monoisotopic (exact) mass is 435 g/mol. The van der Waals surface area contributed by atoms with Crippen molar-refractivity contribution in [3.8, 4) is 0 Å². The van der Waals surface area contributed by atoms with E-state index in [1.807, 2.05) is 6.92 Å². The van der Waals surface area contributed by atoms with E-state index in [0.29, 0.717) is 46.4 Å². The van der Waals surface area contributed by atoms with E-state index in [1.54, 1.807) is 49.4 Å². The van der Waals surface area contributed by atoms with Crippen molar-refractivity contribution in [3.63, 3.8) is 0 Å².